The summed E-state index contributed by atoms with van der Waals surface area (Å²) < 4.78 is 13.3. The lowest BCUT2D eigenvalue weighted by Crippen LogP contribution is -2.31. The largest absolute Gasteiger partial charge is 0.398 e. The summed E-state index contributed by atoms with van der Waals surface area (Å²) in [6.07, 6.45) is 1.57. The van der Waals surface area contributed by atoms with Gasteiger partial charge < -0.3 is 10.6 Å². The summed E-state index contributed by atoms with van der Waals surface area (Å²) in [4.78, 5) is 14.4. The monoisotopic (exact) mass is 318 g/mol. The minimum atomic E-state index is -0.236. The number of fused-ring (bicyclic) bond motifs is 1. The van der Waals surface area contributed by atoms with Crippen LogP contribution in [0.3, 0.4) is 0 Å². The molecule has 1 aliphatic rings. The summed E-state index contributed by atoms with van der Waals surface area (Å²) >= 11 is 5.87. The van der Waals surface area contributed by atoms with Gasteiger partial charge >= 0.3 is 0 Å². The molecule has 1 aliphatic heterocycles. The number of hydrogen-bond donors (Lipinski definition) is 1. The van der Waals surface area contributed by atoms with Crippen LogP contribution in [-0.4, -0.2) is 17.4 Å². The third-order valence-electron chi connectivity index (χ3n) is 3.93. The second kappa shape index (κ2) is 5.97. The number of aryl methyl sites for hydroxylation is 1. The van der Waals surface area contributed by atoms with Crippen molar-refractivity contribution < 1.29 is 9.18 Å². The molecule has 0 radical (unpaired) electrons. The first kappa shape index (κ1) is 14.9. The second-order valence-corrected chi connectivity index (χ2v) is 5.91. The highest BCUT2D eigenvalue weighted by atomic mass is 35.5. The van der Waals surface area contributed by atoms with Crippen LogP contribution in [0.25, 0.3) is 0 Å². The van der Waals surface area contributed by atoms with Crippen molar-refractivity contribution in [3.63, 3.8) is 0 Å². The van der Waals surface area contributed by atoms with Crippen LogP contribution in [0.5, 0.6) is 0 Å². The highest BCUT2D eigenvalue weighted by Gasteiger charge is 2.22. The summed E-state index contributed by atoms with van der Waals surface area (Å²) in [5, 5.41) is 0.505. The van der Waals surface area contributed by atoms with Crippen molar-refractivity contribution in [3.8, 4) is 0 Å². The number of benzene rings is 2. The first-order valence-corrected chi connectivity index (χ1v) is 7.54. The summed E-state index contributed by atoms with van der Waals surface area (Å²) in [6, 6.07) is 9.63. The van der Waals surface area contributed by atoms with E-state index in [-0.39, 0.29) is 11.7 Å². The molecule has 0 aromatic heterocycles. The van der Waals surface area contributed by atoms with Crippen molar-refractivity contribution in [1.82, 2.24) is 4.90 Å². The van der Waals surface area contributed by atoms with Gasteiger partial charge in [0.1, 0.15) is 5.82 Å². The molecule has 114 valence electrons. The minimum Gasteiger partial charge on any atom is -0.398 e. The number of carbonyl (C=O) groups is 1. The third-order valence-corrected chi connectivity index (χ3v) is 4.17. The van der Waals surface area contributed by atoms with Crippen molar-refractivity contribution in [2.45, 2.75) is 19.4 Å². The molecule has 1 amide bonds. The van der Waals surface area contributed by atoms with E-state index in [9.17, 15) is 9.18 Å². The average molecular weight is 319 g/mol. The Morgan fingerprint density at radius 1 is 1.18 bits per heavy atom. The zero-order valence-electron chi connectivity index (χ0n) is 12.0. The topological polar surface area (TPSA) is 46.3 Å². The maximum atomic E-state index is 13.3. The summed E-state index contributed by atoms with van der Waals surface area (Å²) in [5.74, 6) is -0.355. The van der Waals surface area contributed by atoms with Gasteiger partial charge in [-0.05, 0) is 54.3 Å². The molecule has 2 aromatic rings. The molecule has 0 atom stereocenters. The molecule has 2 aromatic carbocycles. The molecule has 0 saturated carbocycles. The normalized spacial score (nSPS) is 14.4. The van der Waals surface area contributed by atoms with Gasteiger partial charge in [0, 0.05) is 23.8 Å². The van der Waals surface area contributed by atoms with E-state index in [4.69, 9.17) is 17.3 Å². The number of rotatable bonds is 1. The van der Waals surface area contributed by atoms with Crippen molar-refractivity contribution in [2.24, 2.45) is 0 Å². The van der Waals surface area contributed by atoms with E-state index in [0.717, 1.165) is 24.0 Å². The highest BCUT2D eigenvalue weighted by Crippen LogP contribution is 2.24. The van der Waals surface area contributed by atoms with Crippen LogP contribution in [0.1, 0.15) is 27.9 Å². The lowest BCUT2D eigenvalue weighted by Gasteiger charge is -2.22. The van der Waals surface area contributed by atoms with Gasteiger partial charge in [-0.25, -0.2) is 4.39 Å². The van der Waals surface area contributed by atoms with Crippen LogP contribution in [0.15, 0.2) is 36.4 Å². The summed E-state index contributed by atoms with van der Waals surface area (Å²) in [6.45, 7) is 1.09. The summed E-state index contributed by atoms with van der Waals surface area (Å²) in [7, 11) is 0. The number of halogens is 2. The molecular formula is C17H16ClFN2O. The average Bonchev–Trinajstić information content (AvgIpc) is 2.68. The number of anilines is 1. The van der Waals surface area contributed by atoms with Gasteiger partial charge in [0.2, 0.25) is 0 Å². The molecule has 0 spiro atoms. The van der Waals surface area contributed by atoms with Gasteiger partial charge in [-0.15, -0.1) is 0 Å². The lowest BCUT2D eigenvalue weighted by atomic mass is 10.0. The van der Waals surface area contributed by atoms with Crippen molar-refractivity contribution >= 4 is 23.2 Å². The van der Waals surface area contributed by atoms with E-state index < -0.39 is 0 Å². The van der Waals surface area contributed by atoms with Gasteiger partial charge in [-0.2, -0.15) is 0 Å². The van der Waals surface area contributed by atoms with Crippen LogP contribution >= 0.6 is 11.6 Å². The van der Waals surface area contributed by atoms with E-state index in [1.54, 1.807) is 35.2 Å². The van der Waals surface area contributed by atoms with E-state index in [1.165, 1.54) is 6.07 Å². The predicted molar refractivity (Wildman–Crippen MR) is 85.3 cm³/mol. The van der Waals surface area contributed by atoms with E-state index in [2.05, 4.69) is 0 Å². The number of hydrogen-bond acceptors (Lipinski definition) is 2. The molecule has 1 heterocycles. The fourth-order valence-corrected chi connectivity index (χ4v) is 2.98. The van der Waals surface area contributed by atoms with E-state index in [0.29, 0.717) is 29.4 Å². The van der Waals surface area contributed by atoms with Gasteiger partial charge in [0.15, 0.2) is 0 Å². The van der Waals surface area contributed by atoms with Crippen molar-refractivity contribution in [3.05, 3.63) is 63.9 Å². The van der Waals surface area contributed by atoms with E-state index in [1.807, 2.05) is 0 Å². The Morgan fingerprint density at radius 2 is 2.00 bits per heavy atom. The highest BCUT2D eigenvalue weighted by molar-refractivity contribution is 6.31. The zero-order chi connectivity index (χ0) is 15.7. The second-order valence-electron chi connectivity index (χ2n) is 5.47. The smallest absolute Gasteiger partial charge is 0.256 e. The molecular weight excluding hydrogens is 303 g/mol. The Labute approximate surface area is 133 Å². The fraction of sp³-hybridized carbons (Fsp3) is 0.235. The maximum Gasteiger partial charge on any atom is 0.256 e. The first-order chi connectivity index (χ1) is 10.5. The third kappa shape index (κ3) is 2.92. The lowest BCUT2D eigenvalue weighted by molar-refractivity contribution is 0.0747. The Kier molecular flexibility index (Phi) is 4.03. The van der Waals surface area contributed by atoms with Crippen LogP contribution in [0, 0.1) is 5.82 Å². The number of nitrogen functional groups attached to an aromatic ring is 1. The van der Waals surface area contributed by atoms with Crippen LogP contribution in [0.2, 0.25) is 5.02 Å². The fourth-order valence-electron chi connectivity index (χ4n) is 2.80. The number of amides is 1. The molecule has 3 nitrogen and oxygen atoms in total. The van der Waals surface area contributed by atoms with E-state index >= 15 is 0 Å². The predicted octanol–water partition coefficient (Wildman–Crippen LogP) is 3.65. The van der Waals surface area contributed by atoms with Crippen LogP contribution < -0.4 is 5.73 Å². The first-order valence-electron chi connectivity index (χ1n) is 7.16. The Balaban J connectivity index is 1.88. The Bertz CT molecular complexity index is 733. The van der Waals surface area contributed by atoms with Crippen molar-refractivity contribution in [1.29, 1.82) is 0 Å². The van der Waals surface area contributed by atoms with Gasteiger partial charge in [0.25, 0.3) is 5.91 Å². The summed E-state index contributed by atoms with van der Waals surface area (Å²) in [5.41, 5.74) is 8.69. The van der Waals surface area contributed by atoms with Gasteiger partial charge in [-0.3, -0.25) is 4.79 Å². The molecule has 22 heavy (non-hydrogen) atoms. The van der Waals surface area contributed by atoms with Crippen LogP contribution in [0.4, 0.5) is 10.1 Å². The van der Waals surface area contributed by atoms with Gasteiger partial charge in [0.05, 0.1) is 5.56 Å². The Hall–Kier alpha value is -2.07. The van der Waals surface area contributed by atoms with Gasteiger partial charge in [-0.1, -0.05) is 17.7 Å². The van der Waals surface area contributed by atoms with Crippen molar-refractivity contribution in [2.75, 3.05) is 12.3 Å². The number of carbonyl (C=O) groups excluding carboxylic acids is 1. The standard InChI is InChI=1S/C17H16ClFN2O/c18-13-4-6-15(16(20)9-13)17(22)21-7-1-2-11-8-14(19)5-3-12(11)10-21/h3-6,8-9H,1-2,7,10,20H2. The molecule has 2 N–H and O–H groups in total. The maximum absolute atomic E-state index is 13.3. The molecule has 0 fully saturated rings. The Morgan fingerprint density at radius 3 is 2.77 bits per heavy atom. The molecule has 0 aliphatic carbocycles. The molecule has 0 bridgehead atoms. The molecule has 3 rings (SSSR count). The molecule has 0 saturated heterocycles. The number of nitrogens with two attached hydrogens (primary N) is 1. The SMILES string of the molecule is Nc1cc(Cl)ccc1C(=O)N1CCCc2cc(F)ccc2C1. The van der Waals surface area contributed by atoms with Crippen LogP contribution in [-0.2, 0) is 13.0 Å². The number of nitrogens with zero attached hydrogens (tertiary/aromatic N) is 1. The quantitative estimate of drug-likeness (QED) is 0.816. The molecule has 5 heteroatoms. The minimum absolute atomic E-state index is 0.119. The molecule has 0 unspecified atom stereocenters. The zero-order valence-corrected chi connectivity index (χ0v) is 12.7.